The predicted molar refractivity (Wildman–Crippen MR) is 138 cm³/mol. The molecule has 4 heteroatoms. The SMILES string of the molecule is CC[C@H]1[C@@H](OCOC)C2C3CC[C@H]([C@H](C)CCC(N)=O)[C@@]3(C)C[C@H](C)C2[C@@]2(C)CC[C@@H](C)C[C@@H]12. The first-order valence-electron chi connectivity index (χ1n) is 14.5. The van der Waals surface area contributed by atoms with Crippen LogP contribution < -0.4 is 5.73 Å². The Morgan fingerprint density at radius 1 is 1.12 bits per heavy atom. The molecule has 34 heavy (non-hydrogen) atoms. The molecule has 1 amide bonds. The summed E-state index contributed by atoms with van der Waals surface area (Å²) in [5.41, 5.74) is 6.29. The van der Waals surface area contributed by atoms with Crippen molar-refractivity contribution in [2.75, 3.05) is 13.9 Å². The Morgan fingerprint density at radius 2 is 1.85 bits per heavy atom. The molecule has 12 atom stereocenters. The maximum absolute atomic E-state index is 11.5. The second-order valence-corrected chi connectivity index (χ2v) is 13.7. The van der Waals surface area contributed by atoms with Crippen molar-refractivity contribution < 1.29 is 14.3 Å². The topological polar surface area (TPSA) is 61.6 Å². The normalized spacial score (nSPS) is 49.1. The van der Waals surface area contributed by atoms with Gasteiger partial charge in [-0.3, -0.25) is 4.79 Å². The zero-order valence-electron chi connectivity index (χ0n) is 23.1. The predicted octanol–water partition coefficient (Wildman–Crippen LogP) is 6.66. The lowest BCUT2D eigenvalue weighted by Crippen LogP contribution is -2.64. The lowest BCUT2D eigenvalue weighted by molar-refractivity contribution is -0.244. The van der Waals surface area contributed by atoms with Crippen molar-refractivity contribution in [3.8, 4) is 0 Å². The molecule has 4 aliphatic carbocycles. The van der Waals surface area contributed by atoms with E-state index < -0.39 is 0 Å². The molecule has 4 nitrogen and oxygen atoms in total. The summed E-state index contributed by atoms with van der Waals surface area (Å²) in [5.74, 6) is 6.09. The summed E-state index contributed by atoms with van der Waals surface area (Å²) in [7, 11) is 1.77. The molecule has 0 aromatic rings. The van der Waals surface area contributed by atoms with E-state index >= 15 is 0 Å². The summed E-state index contributed by atoms with van der Waals surface area (Å²) >= 11 is 0. The third-order valence-electron chi connectivity index (χ3n) is 11.9. The van der Waals surface area contributed by atoms with Gasteiger partial charge in [0.1, 0.15) is 6.79 Å². The molecule has 4 saturated carbocycles. The Kier molecular flexibility index (Phi) is 7.81. The molecular weight excluding hydrogens is 422 g/mol. The smallest absolute Gasteiger partial charge is 0.217 e. The van der Waals surface area contributed by atoms with Crippen molar-refractivity contribution in [2.45, 2.75) is 105 Å². The highest BCUT2D eigenvalue weighted by Crippen LogP contribution is 2.71. The zero-order valence-corrected chi connectivity index (χ0v) is 23.1. The summed E-state index contributed by atoms with van der Waals surface area (Å²) in [6.07, 6.45) is 11.1. The largest absolute Gasteiger partial charge is 0.370 e. The molecule has 0 aliphatic heterocycles. The van der Waals surface area contributed by atoms with Crippen LogP contribution in [0, 0.1) is 64.1 Å². The third-order valence-corrected chi connectivity index (χ3v) is 11.9. The van der Waals surface area contributed by atoms with E-state index in [0.717, 1.165) is 24.2 Å². The van der Waals surface area contributed by atoms with Crippen LogP contribution in [0.4, 0.5) is 0 Å². The van der Waals surface area contributed by atoms with E-state index in [1.54, 1.807) is 7.11 Å². The zero-order chi connectivity index (χ0) is 24.8. The molecule has 0 aromatic heterocycles. The Labute approximate surface area is 209 Å². The molecule has 0 saturated heterocycles. The number of carbonyl (C=O) groups excluding carboxylic acids is 1. The average Bonchev–Trinajstić information content (AvgIpc) is 3.12. The number of fused-ring (bicyclic) bond motifs is 5. The minimum Gasteiger partial charge on any atom is -0.370 e. The molecule has 0 aromatic carbocycles. The van der Waals surface area contributed by atoms with Gasteiger partial charge in [0.05, 0.1) is 6.10 Å². The highest BCUT2D eigenvalue weighted by Gasteiger charge is 2.66. The quantitative estimate of drug-likeness (QED) is 0.399. The highest BCUT2D eigenvalue weighted by atomic mass is 16.7. The number of nitrogens with two attached hydrogens (primary N) is 1. The van der Waals surface area contributed by atoms with Crippen molar-refractivity contribution in [1.82, 2.24) is 0 Å². The van der Waals surface area contributed by atoms with Crippen LogP contribution in [0.25, 0.3) is 0 Å². The van der Waals surface area contributed by atoms with Crippen molar-refractivity contribution >= 4 is 5.91 Å². The molecule has 4 fully saturated rings. The van der Waals surface area contributed by atoms with Crippen molar-refractivity contribution in [3.63, 3.8) is 0 Å². The second-order valence-electron chi connectivity index (χ2n) is 13.7. The van der Waals surface area contributed by atoms with Gasteiger partial charge in [-0.15, -0.1) is 0 Å². The summed E-state index contributed by atoms with van der Waals surface area (Å²) in [6, 6.07) is 0. The minimum atomic E-state index is -0.153. The van der Waals surface area contributed by atoms with Crippen molar-refractivity contribution in [3.05, 3.63) is 0 Å². The molecule has 0 heterocycles. The van der Waals surface area contributed by atoms with Crippen LogP contribution in [0.3, 0.4) is 0 Å². The molecule has 2 N–H and O–H groups in total. The monoisotopic (exact) mass is 475 g/mol. The number of primary amides is 1. The van der Waals surface area contributed by atoms with Gasteiger partial charge in [0.2, 0.25) is 5.91 Å². The molecule has 3 unspecified atom stereocenters. The van der Waals surface area contributed by atoms with Gasteiger partial charge >= 0.3 is 0 Å². The number of ether oxygens (including phenoxy) is 2. The lowest BCUT2D eigenvalue weighted by Gasteiger charge is -2.67. The first kappa shape index (κ1) is 26.5. The van der Waals surface area contributed by atoms with Gasteiger partial charge in [-0.05, 0) is 103 Å². The fourth-order valence-electron chi connectivity index (χ4n) is 10.8. The van der Waals surface area contributed by atoms with E-state index in [0.29, 0.717) is 65.7 Å². The van der Waals surface area contributed by atoms with Crippen LogP contribution in [0.1, 0.15) is 99.3 Å². The van der Waals surface area contributed by atoms with Crippen molar-refractivity contribution in [1.29, 1.82) is 0 Å². The standard InChI is InChI=1S/C30H53NO3/c1-8-21-24-15-18(2)13-14-29(24,5)27-20(4)16-30(6)22(19(3)9-12-25(31)32)10-11-23(30)26(27)28(21)34-17-33-7/h18-24,26-28H,8-17H2,1-7H3,(H2,31,32)/t18-,19-,20+,21-,22-,23?,24+,26?,27?,28-,29+,30-/m1/s1. The van der Waals surface area contributed by atoms with Gasteiger partial charge < -0.3 is 15.2 Å². The van der Waals surface area contributed by atoms with E-state index in [1.807, 2.05) is 0 Å². The first-order valence-corrected chi connectivity index (χ1v) is 14.5. The maximum Gasteiger partial charge on any atom is 0.217 e. The van der Waals surface area contributed by atoms with Crippen LogP contribution in [-0.2, 0) is 14.3 Å². The van der Waals surface area contributed by atoms with Gasteiger partial charge in [0.25, 0.3) is 0 Å². The van der Waals surface area contributed by atoms with E-state index in [-0.39, 0.29) is 5.91 Å². The Balaban J connectivity index is 1.71. The minimum absolute atomic E-state index is 0.153. The van der Waals surface area contributed by atoms with Gasteiger partial charge in [-0.1, -0.05) is 54.4 Å². The van der Waals surface area contributed by atoms with Crippen LogP contribution in [0.15, 0.2) is 0 Å². The molecule has 4 rings (SSSR count). The summed E-state index contributed by atoms with van der Waals surface area (Å²) in [4.78, 5) is 11.5. The number of rotatable bonds is 8. The summed E-state index contributed by atoms with van der Waals surface area (Å²) in [5, 5.41) is 0. The fraction of sp³-hybridized carbons (Fsp3) is 0.967. The van der Waals surface area contributed by atoms with Gasteiger partial charge in [-0.2, -0.15) is 0 Å². The second kappa shape index (κ2) is 10.0. The van der Waals surface area contributed by atoms with Gasteiger partial charge in [0.15, 0.2) is 0 Å². The lowest BCUT2D eigenvalue weighted by atomic mass is 9.39. The molecule has 0 spiro atoms. The highest BCUT2D eigenvalue weighted by molar-refractivity contribution is 5.73. The first-order chi connectivity index (χ1) is 16.1. The molecule has 0 radical (unpaired) electrons. The molecule has 4 aliphatic rings. The van der Waals surface area contributed by atoms with E-state index in [1.165, 1.54) is 44.9 Å². The molecule has 0 bridgehead atoms. The van der Waals surface area contributed by atoms with Gasteiger partial charge in [-0.25, -0.2) is 0 Å². The number of hydrogen-bond acceptors (Lipinski definition) is 3. The van der Waals surface area contributed by atoms with E-state index in [2.05, 4.69) is 41.5 Å². The van der Waals surface area contributed by atoms with Crippen LogP contribution in [-0.4, -0.2) is 25.9 Å². The Hall–Kier alpha value is -0.610. The van der Waals surface area contributed by atoms with E-state index in [9.17, 15) is 4.79 Å². The number of methoxy groups -OCH3 is 1. The third kappa shape index (κ3) is 4.27. The number of amides is 1. The van der Waals surface area contributed by atoms with Crippen LogP contribution >= 0.6 is 0 Å². The Bertz CT molecular complexity index is 726. The fourth-order valence-corrected chi connectivity index (χ4v) is 10.8. The van der Waals surface area contributed by atoms with Crippen LogP contribution in [0.5, 0.6) is 0 Å². The maximum atomic E-state index is 11.5. The summed E-state index contributed by atoms with van der Waals surface area (Å²) in [6.45, 7) is 15.5. The van der Waals surface area contributed by atoms with E-state index in [4.69, 9.17) is 15.2 Å². The van der Waals surface area contributed by atoms with Gasteiger partial charge in [0, 0.05) is 13.5 Å². The average molecular weight is 476 g/mol. The summed E-state index contributed by atoms with van der Waals surface area (Å²) < 4.78 is 12.2. The van der Waals surface area contributed by atoms with Crippen LogP contribution in [0.2, 0.25) is 0 Å². The van der Waals surface area contributed by atoms with Crippen molar-refractivity contribution in [2.24, 2.45) is 69.8 Å². The molecule has 196 valence electrons. The Morgan fingerprint density at radius 3 is 2.50 bits per heavy atom. The number of hydrogen-bond donors (Lipinski definition) is 1. The number of carbonyl (C=O) groups is 1. The molecular formula is C30H53NO3.